The summed E-state index contributed by atoms with van der Waals surface area (Å²) in [6.45, 7) is 6.99. The van der Waals surface area contributed by atoms with E-state index in [0.29, 0.717) is 11.9 Å². The third-order valence-corrected chi connectivity index (χ3v) is 3.12. The topological polar surface area (TPSA) is 61.3 Å². The molecule has 0 spiro atoms. The van der Waals surface area contributed by atoms with E-state index in [4.69, 9.17) is 5.11 Å². The number of anilines is 2. The fourth-order valence-corrected chi connectivity index (χ4v) is 2.17. The largest absolute Gasteiger partial charge is 0.396 e. The van der Waals surface area contributed by atoms with E-state index in [2.05, 4.69) is 20.2 Å². The molecule has 0 aromatic carbocycles. The van der Waals surface area contributed by atoms with Gasteiger partial charge >= 0.3 is 0 Å². The van der Waals surface area contributed by atoms with Gasteiger partial charge in [0.25, 0.3) is 0 Å². The second-order valence-electron chi connectivity index (χ2n) is 4.51. The van der Waals surface area contributed by atoms with Crippen LogP contribution >= 0.6 is 0 Å². The molecule has 5 heteroatoms. The molecule has 2 rings (SSSR count). The van der Waals surface area contributed by atoms with E-state index in [1.807, 2.05) is 20.0 Å². The van der Waals surface area contributed by atoms with E-state index in [1.165, 1.54) is 0 Å². The van der Waals surface area contributed by atoms with Crippen molar-refractivity contribution < 1.29 is 5.11 Å². The molecule has 1 saturated heterocycles. The number of hydrogen-bond acceptors (Lipinski definition) is 5. The van der Waals surface area contributed by atoms with Gasteiger partial charge in [-0.15, -0.1) is 0 Å². The summed E-state index contributed by atoms with van der Waals surface area (Å²) >= 11 is 0. The van der Waals surface area contributed by atoms with Gasteiger partial charge in [-0.2, -0.15) is 4.98 Å². The SMILES string of the molecule is CCNc1ncc(C)c(N2CCC(CO)C2)n1. The van der Waals surface area contributed by atoms with Gasteiger partial charge in [0.15, 0.2) is 0 Å². The predicted molar refractivity (Wildman–Crippen MR) is 68.3 cm³/mol. The summed E-state index contributed by atoms with van der Waals surface area (Å²) in [6, 6.07) is 0. The lowest BCUT2D eigenvalue weighted by molar-refractivity contribution is 0.238. The molecule has 0 radical (unpaired) electrons. The van der Waals surface area contributed by atoms with Gasteiger partial charge in [-0.1, -0.05) is 0 Å². The van der Waals surface area contributed by atoms with Gasteiger partial charge in [0.2, 0.25) is 5.95 Å². The van der Waals surface area contributed by atoms with Crippen molar-refractivity contribution in [3.63, 3.8) is 0 Å². The molecule has 0 bridgehead atoms. The highest BCUT2D eigenvalue weighted by atomic mass is 16.3. The first-order valence-corrected chi connectivity index (χ1v) is 6.18. The molecule has 2 N–H and O–H groups in total. The molecular formula is C12H20N4O. The fraction of sp³-hybridized carbons (Fsp3) is 0.667. The standard InChI is InChI=1S/C12H20N4O/c1-3-13-12-14-6-9(2)11(15-12)16-5-4-10(7-16)8-17/h6,10,17H,3-5,7-8H2,1-2H3,(H,13,14,15). The highest BCUT2D eigenvalue weighted by Crippen LogP contribution is 2.25. The average molecular weight is 236 g/mol. The molecule has 1 aromatic rings. The molecule has 0 aliphatic carbocycles. The monoisotopic (exact) mass is 236 g/mol. The van der Waals surface area contributed by atoms with Crippen molar-refractivity contribution in [2.24, 2.45) is 5.92 Å². The van der Waals surface area contributed by atoms with Crippen LogP contribution in [0.15, 0.2) is 6.20 Å². The normalized spacial score (nSPS) is 19.7. The Hall–Kier alpha value is -1.36. The first kappa shape index (κ1) is 12.1. The van der Waals surface area contributed by atoms with Crippen molar-refractivity contribution in [2.75, 3.05) is 36.5 Å². The van der Waals surface area contributed by atoms with Crippen molar-refractivity contribution in [3.05, 3.63) is 11.8 Å². The lowest BCUT2D eigenvalue weighted by Crippen LogP contribution is -2.23. The van der Waals surface area contributed by atoms with E-state index >= 15 is 0 Å². The van der Waals surface area contributed by atoms with Crippen molar-refractivity contribution in [1.29, 1.82) is 0 Å². The minimum Gasteiger partial charge on any atom is -0.396 e. The maximum Gasteiger partial charge on any atom is 0.224 e. The number of aliphatic hydroxyl groups is 1. The Morgan fingerprint density at radius 1 is 1.59 bits per heavy atom. The number of rotatable bonds is 4. The van der Waals surface area contributed by atoms with Gasteiger partial charge < -0.3 is 15.3 Å². The Morgan fingerprint density at radius 2 is 2.41 bits per heavy atom. The minimum atomic E-state index is 0.265. The molecule has 1 fully saturated rings. The summed E-state index contributed by atoms with van der Waals surface area (Å²) in [7, 11) is 0. The van der Waals surface area contributed by atoms with Crippen LogP contribution in [0.5, 0.6) is 0 Å². The number of aryl methyl sites for hydroxylation is 1. The molecular weight excluding hydrogens is 216 g/mol. The smallest absolute Gasteiger partial charge is 0.224 e. The van der Waals surface area contributed by atoms with Crippen LogP contribution in [0.3, 0.4) is 0 Å². The van der Waals surface area contributed by atoms with E-state index in [-0.39, 0.29) is 6.61 Å². The molecule has 0 saturated carbocycles. The maximum absolute atomic E-state index is 9.17. The van der Waals surface area contributed by atoms with Gasteiger partial charge in [0, 0.05) is 43.9 Å². The molecule has 17 heavy (non-hydrogen) atoms. The van der Waals surface area contributed by atoms with Gasteiger partial charge in [0.05, 0.1) is 0 Å². The summed E-state index contributed by atoms with van der Waals surface area (Å²) in [4.78, 5) is 11.0. The fourth-order valence-electron chi connectivity index (χ4n) is 2.17. The Bertz CT molecular complexity index is 383. The Balaban J connectivity index is 2.16. The molecule has 1 aliphatic heterocycles. The van der Waals surface area contributed by atoms with E-state index < -0.39 is 0 Å². The molecule has 5 nitrogen and oxygen atoms in total. The highest BCUT2D eigenvalue weighted by Gasteiger charge is 2.24. The summed E-state index contributed by atoms with van der Waals surface area (Å²) in [5.41, 5.74) is 1.09. The van der Waals surface area contributed by atoms with Crippen molar-refractivity contribution >= 4 is 11.8 Å². The first-order valence-electron chi connectivity index (χ1n) is 6.18. The summed E-state index contributed by atoms with van der Waals surface area (Å²) in [5, 5.41) is 12.3. The third kappa shape index (κ3) is 2.66. The second-order valence-corrected chi connectivity index (χ2v) is 4.51. The van der Waals surface area contributed by atoms with E-state index in [0.717, 1.165) is 37.4 Å². The van der Waals surface area contributed by atoms with Crippen LogP contribution in [0.4, 0.5) is 11.8 Å². The zero-order valence-corrected chi connectivity index (χ0v) is 10.5. The van der Waals surface area contributed by atoms with Crippen LogP contribution in [-0.2, 0) is 0 Å². The van der Waals surface area contributed by atoms with Crippen molar-refractivity contribution in [3.8, 4) is 0 Å². The molecule has 1 aromatic heterocycles. The van der Waals surface area contributed by atoms with Crippen LogP contribution in [0.2, 0.25) is 0 Å². The quantitative estimate of drug-likeness (QED) is 0.818. The van der Waals surface area contributed by atoms with Crippen LogP contribution in [-0.4, -0.2) is 41.3 Å². The van der Waals surface area contributed by atoms with Crippen molar-refractivity contribution in [1.82, 2.24) is 9.97 Å². The Morgan fingerprint density at radius 3 is 3.06 bits per heavy atom. The number of nitrogens with one attached hydrogen (secondary N) is 1. The summed E-state index contributed by atoms with van der Waals surface area (Å²) in [6.07, 6.45) is 2.89. The molecule has 0 amide bonds. The molecule has 1 aliphatic rings. The Labute approximate surface area is 102 Å². The second kappa shape index (κ2) is 5.31. The molecule has 94 valence electrons. The van der Waals surface area contributed by atoms with Crippen molar-refractivity contribution in [2.45, 2.75) is 20.3 Å². The number of aliphatic hydroxyl groups excluding tert-OH is 1. The van der Waals surface area contributed by atoms with Gasteiger partial charge in [0.1, 0.15) is 5.82 Å². The van der Waals surface area contributed by atoms with Gasteiger partial charge in [-0.25, -0.2) is 4.98 Å². The predicted octanol–water partition coefficient (Wildman–Crippen LogP) is 1.04. The third-order valence-electron chi connectivity index (χ3n) is 3.12. The molecule has 2 heterocycles. The van der Waals surface area contributed by atoms with Crippen LogP contribution in [0.25, 0.3) is 0 Å². The van der Waals surface area contributed by atoms with Crippen LogP contribution in [0, 0.1) is 12.8 Å². The minimum absolute atomic E-state index is 0.265. The summed E-state index contributed by atoms with van der Waals surface area (Å²) < 4.78 is 0. The highest BCUT2D eigenvalue weighted by molar-refractivity contribution is 5.49. The number of aromatic nitrogens is 2. The average Bonchev–Trinajstić information content (AvgIpc) is 2.80. The molecule has 1 atom stereocenters. The zero-order chi connectivity index (χ0) is 12.3. The zero-order valence-electron chi connectivity index (χ0n) is 10.5. The van der Waals surface area contributed by atoms with Crippen LogP contribution in [0.1, 0.15) is 18.9 Å². The number of hydrogen-bond donors (Lipinski definition) is 2. The lowest BCUT2D eigenvalue weighted by atomic mass is 10.1. The number of nitrogens with zero attached hydrogens (tertiary/aromatic N) is 3. The summed E-state index contributed by atoms with van der Waals surface area (Å²) in [5.74, 6) is 2.05. The first-order chi connectivity index (χ1) is 8.24. The molecule has 1 unspecified atom stereocenters. The van der Waals surface area contributed by atoms with Gasteiger partial charge in [-0.3, -0.25) is 0 Å². The van der Waals surface area contributed by atoms with Gasteiger partial charge in [-0.05, 0) is 20.3 Å². The Kier molecular flexibility index (Phi) is 3.78. The van der Waals surface area contributed by atoms with E-state index in [1.54, 1.807) is 0 Å². The van der Waals surface area contributed by atoms with E-state index in [9.17, 15) is 0 Å². The lowest BCUT2D eigenvalue weighted by Gasteiger charge is -2.19. The maximum atomic E-state index is 9.17. The van der Waals surface area contributed by atoms with Crippen LogP contribution < -0.4 is 10.2 Å².